The van der Waals surface area contributed by atoms with Crippen LogP contribution in [0.3, 0.4) is 0 Å². The normalized spacial score (nSPS) is 10.5. The second kappa shape index (κ2) is 5.96. The average molecular weight is 310 g/mol. The Bertz CT molecular complexity index is 891. The van der Waals surface area contributed by atoms with Crippen LogP contribution in [0.25, 0.3) is 11.0 Å². The summed E-state index contributed by atoms with van der Waals surface area (Å²) >= 11 is 0. The SMILES string of the molecule is COC(=O)c1cccc(OC(=O)c2oc3ccccc3c2C)c1. The van der Waals surface area contributed by atoms with Crippen molar-refractivity contribution in [3.8, 4) is 5.75 Å². The van der Waals surface area contributed by atoms with E-state index in [1.165, 1.54) is 13.2 Å². The second-order valence-electron chi connectivity index (χ2n) is 4.96. The van der Waals surface area contributed by atoms with Crippen LogP contribution >= 0.6 is 0 Å². The molecule has 0 aliphatic rings. The van der Waals surface area contributed by atoms with E-state index in [1.807, 2.05) is 18.2 Å². The number of hydrogen-bond acceptors (Lipinski definition) is 5. The largest absolute Gasteiger partial charge is 0.465 e. The number of ether oxygens (including phenoxy) is 2. The molecule has 5 heteroatoms. The summed E-state index contributed by atoms with van der Waals surface area (Å²) in [4.78, 5) is 23.8. The zero-order valence-corrected chi connectivity index (χ0v) is 12.7. The van der Waals surface area contributed by atoms with E-state index in [1.54, 1.807) is 31.2 Å². The maximum atomic E-state index is 12.3. The number of aryl methyl sites for hydroxylation is 1. The molecule has 0 N–H and O–H groups in total. The summed E-state index contributed by atoms with van der Waals surface area (Å²) in [6.45, 7) is 1.80. The lowest BCUT2D eigenvalue weighted by atomic mass is 10.1. The van der Waals surface area contributed by atoms with Gasteiger partial charge in [0.1, 0.15) is 11.3 Å². The van der Waals surface area contributed by atoms with Gasteiger partial charge in [-0.15, -0.1) is 0 Å². The summed E-state index contributed by atoms with van der Waals surface area (Å²) in [6, 6.07) is 13.6. The molecule has 0 unspecified atom stereocenters. The van der Waals surface area contributed by atoms with Gasteiger partial charge >= 0.3 is 11.9 Å². The van der Waals surface area contributed by atoms with E-state index in [2.05, 4.69) is 4.74 Å². The number of rotatable bonds is 3. The Balaban J connectivity index is 1.89. The van der Waals surface area contributed by atoms with E-state index >= 15 is 0 Å². The van der Waals surface area contributed by atoms with Crippen molar-refractivity contribution >= 4 is 22.9 Å². The number of furan rings is 1. The van der Waals surface area contributed by atoms with Crippen LogP contribution in [-0.2, 0) is 4.74 Å². The van der Waals surface area contributed by atoms with Gasteiger partial charge in [-0.1, -0.05) is 24.3 Å². The van der Waals surface area contributed by atoms with Crippen molar-refractivity contribution in [2.45, 2.75) is 6.92 Å². The first-order valence-electron chi connectivity index (χ1n) is 6.99. The molecular weight excluding hydrogens is 296 g/mol. The molecule has 1 aromatic heterocycles. The van der Waals surface area contributed by atoms with Gasteiger partial charge in [-0.3, -0.25) is 0 Å². The van der Waals surface area contributed by atoms with E-state index in [9.17, 15) is 9.59 Å². The highest BCUT2D eigenvalue weighted by Gasteiger charge is 2.20. The fourth-order valence-corrected chi connectivity index (χ4v) is 2.33. The van der Waals surface area contributed by atoms with Crippen LogP contribution in [0, 0.1) is 6.92 Å². The van der Waals surface area contributed by atoms with Crippen molar-refractivity contribution < 1.29 is 23.5 Å². The number of methoxy groups -OCH3 is 1. The lowest BCUT2D eigenvalue weighted by Gasteiger charge is -2.05. The number of benzene rings is 2. The van der Waals surface area contributed by atoms with Crippen molar-refractivity contribution in [1.82, 2.24) is 0 Å². The van der Waals surface area contributed by atoms with Crippen molar-refractivity contribution in [3.63, 3.8) is 0 Å². The van der Waals surface area contributed by atoms with Crippen LogP contribution in [0.2, 0.25) is 0 Å². The van der Waals surface area contributed by atoms with Gasteiger partial charge in [-0.05, 0) is 31.2 Å². The van der Waals surface area contributed by atoms with Crippen molar-refractivity contribution in [3.05, 3.63) is 65.4 Å². The Morgan fingerprint density at radius 1 is 1.00 bits per heavy atom. The third-order valence-corrected chi connectivity index (χ3v) is 3.49. The van der Waals surface area contributed by atoms with Crippen LogP contribution in [0.15, 0.2) is 52.9 Å². The average Bonchev–Trinajstić information content (AvgIpc) is 2.92. The third kappa shape index (κ3) is 2.81. The molecule has 0 aliphatic heterocycles. The Kier molecular flexibility index (Phi) is 3.85. The summed E-state index contributed by atoms with van der Waals surface area (Å²) in [5.41, 5.74) is 1.65. The minimum atomic E-state index is -0.610. The van der Waals surface area contributed by atoms with E-state index in [-0.39, 0.29) is 11.5 Å². The molecular formula is C18H14O5. The second-order valence-corrected chi connectivity index (χ2v) is 4.96. The van der Waals surface area contributed by atoms with Gasteiger partial charge in [0, 0.05) is 10.9 Å². The minimum Gasteiger partial charge on any atom is -0.465 e. The highest BCUT2D eigenvalue weighted by molar-refractivity contribution is 5.97. The predicted octanol–water partition coefficient (Wildman–Crippen LogP) is 3.75. The zero-order valence-electron chi connectivity index (χ0n) is 12.7. The molecule has 3 aromatic rings. The Labute approximate surface area is 132 Å². The number of esters is 2. The smallest absolute Gasteiger partial charge is 0.379 e. The maximum absolute atomic E-state index is 12.3. The van der Waals surface area contributed by atoms with Gasteiger partial charge in [0.2, 0.25) is 5.76 Å². The molecule has 116 valence electrons. The van der Waals surface area contributed by atoms with Crippen LogP contribution < -0.4 is 4.74 Å². The molecule has 0 amide bonds. The van der Waals surface area contributed by atoms with Crippen LogP contribution in [0.4, 0.5) is 0 Å². The van der Waals surface area contributed by atoms with E-state index in [0.717, 1.165) is 10.9 Å². The first kappa shape index (κ1) is 14.8. The third-order valence-electron chi connectivity index (χ3n) is 3.49. The highest BCUT2D eigenvalue weighted by atomic mass is 16.5. The Morgan fingerprint density at radius 3 is 2.52 bits per heavy atom. The van der Waals surface area contributed by atoms with Crippen molar-refractivity contribution in [1.29, 1.82) is 0 Å². The quantitative estimate of drug-likeness (QED) is 0.544. The lowest BCUT2D eigenvalue weighted by molar-refractivity contribution is 0.0597. The molecule has 0 fully saturated rings. The molecule has 0 atom stereocenters. The molecule has 0 saturated heterocycles. The topological polar surface area (TPSA) is 65.7 Å². The van der Waals surface area contributed by atoms with Gasteiger partial charge in [0.15, 0.2) is 0 Å². The van der Waals surface area contributed by atoms with Gasteiger partial charge in [0.25, 0.3) is 0 Å². The van der Waals surface area contributed by atoms with Gasteiger partial charge < -0.3 is 13.9 Å². The number of hydrogen-bond donors (Lipinski definition) is 0. The lowest BCUT2D eigenvalue weighted by Crippen LogP contribution is -2.09. The standard InChI is InChI=1S/C18H14O5/c1-11-14-8-3-4-9-15(14)23-16(11)18(20)22-13-7-5-6-12(10-13)17(19)21-2/h3-10H,1-2H3. The molecule has 2 aromatic carbocycles. The van der Waals surface area contributed by atoms with Crippen LogP contribution in [0.5, 0.6) is 5.75 Å². The number of fused-ring (bicyclic) bond motifs is 1. The number of para-hydroxylation sites is 1. The highest BCUT2D eigenvalue weighted by Crippen LogP contribution is 2.26. The molecule has 23 heavy (non-hydrogen) atoms. The monoisotopic (exact) mass is 310 g/mol. The molecule has 3 rings (SSSR count). The summed E-state index contributed by atoms with van der Waals surface area (Å²) in [7, 11) is 1.29. The summed E-state index contributed by atoms with van der Waals surface area (Å²) in [6.07, 6.45) is 0. The fourth-order valence-electron chi connectivity index (χ4n) is 2.33. The van der Waals surface area contributed by atoms with Crippen molar-refractivity contribution in [2.24, 2.45) is 0 Å². The molecule has 0 spiro atoms. The maximum Gasteiger partial charge on any atom is 0.379 e. The molecule has 0 saturated carbocycles. The molecule has 0 aliphatic carbocycles. The molecule has 0 bridgehead atoms. The fraction of sp³-hybridized carbons (Fsp3) is 0.111. The zero-order chi connectivity index (χ0) is 16.4. The first-order valence-corrected chi connectivity index (χ1v) is 6.99. The van der Waals surface area contributed by atoms with Crippen LogP contribution in [-0.4, -0.2) is 19.0 Å². The molecule has 1 heterocycles. The molecule has 5 nitrogen and oxygen atoms in total. The summed E-state index contributed by atoms with van der Waals surface area (Å²) in [5.74, 6) is -0.712. The van der Waals surface area contributed by atoms with Gasteiger partial charge in [0.05, 0.1) is 12.7 Å². The van der Waals surface area contributed by atoms with E-state index in [0.29, 0.717) is 11.1 Å². The predicted molar refractivity (Wildman–Crippen MR) is 83.7 cm³/mol. The number of carbonyl (C=O) groups excluding carboxylic acids is 2. The Hall–Kier alpha value is -3.08. The number of carbonyl (C=O) groups is 2. The van der Waals surface area contributed by atoms with Crippen LogP contribution in [0.1, 0.15) is 26.5 Å². The minimum absolute atomic E-state index is 0.148. The van der Waals surface area contributed by atoms with E-state index in [4.69, 9.17) is 9.15 Å². The first-order chi connectivity index (χ1) is 11.1. The van der Waals surface area contributed by atoms with Crippen molar-refractivity contribution in [2.75, 3.05) is 7.11 Å². The van der Waals surface area contributed by atoms with Gasteiger partial charge in [-0.2, -0.15) is 0 Å². The Morgan fingerprint density at radius 2 is 1.78 bits per heavy atom. The van der Waals surface area contributed by atoms with Gasteiger partial charge in [-0.25, -0.2) is 9.59 Å². The summed E-state index contributed by atoms with van der Waals surface area (Å²) < 4.78 is 15.5. The van der Waals surface area contributed by atoms with E-state index < -0.39 is 11.9 Å². The molecule has 0 radical (unpaired) electrons. The summed E-state index contributed by atoms with van der Waals surface area (Å²) in [5, 5.41) is 0.864.